The molecule has 3 rings (SSSR count). The van der Waals surface area contributed by atoms with Gasteiger partial charge in [-0.25, -0.2) is 0 Å². The van der Waals surface area contributed by atoms with E-state index in [2.05, 4.69) is 26.6 Å². The molecule has 0 bridgehead atoms. The monoisotopic (exact) mass is 346 g/mol. The van der Waals surface area contributed by atoms with Crippen LogP contribution in [0.25, 0.3) is 11.6 Å². The Balaban J connectivity index is 1.45. The summed E-state index contributed by atoms with van der Waals surface area (Å²) in [6, 6.07) is 3.72. The van der Waals surface area contributed by atoms with E-state index < -0.39 is 0 Å². The second-order valence-corrected chi connectivity index (χ2v) is 7.16. The fourth-order valence-corrected chi connectivity index (χ4v) is 3.36. The van der Waals surface area contributed by atoms with Crippen LogP contribution >= 0.6 is 11.8 Å². The lowest BCUT2D eigenvalue weighted by Crippen LogP contribution is -2.31. The van der Waals surface area contributed by atoms with E-state index in [0.717, 1.165) is 12.1 Å². The minimum absolute atomic E-state index is 0.00367. The summed E-state index contributed by atoms with van der Waals surface area (Å²) in [5.74, 6) is 0.426. The molecule has 2 heterocycles. The minimum atomic E-state index is -0.276. The highest BCUT2D eigenvalue weighted by Crippen LogP contribution is 2.25. The second-order valence-electron chi connectivity index (χ2n) is 5.87. The molecular formula is C17H22N4O2S. The van der Waals surface area contributed by atoms with E-state index in [1.807, 2.05) is 19.1 Å². The third kappa shape index (κ3) is 4.50. The average molecular weight is 346 g/mol. The van der Waals surface area contributed by atoms with Gasteiger partial charge in [0.25, 0.3) is 11.1 Å². The van der Waals surface area contributed by atoms with E-state index in [1.165, 1.54) is 43.0 Å². The van der Waals surface area contributed by atoms with Crippen LogP contribution in [0.2, 0.25) is 0 Å². The molecular weight excluding hydrogens is 324 g/mol. The van der Waals surface area contributed by atoms with Gasteiger partial charge in [-0.15, -0.1) is 10.2 Å². The van der Waals surface area contributed by atoms with Gasteiger partial charge in [-0.2, -0.15) is 0 Å². The van der Waals surface area contributed by atoms with Gasteiger partial charge in [-0.1, -0.05) is 23.4 Å². The normalized spacial score (nSPS) is 15.8. The summed E-state index contributed by atoms with van der Waals surface area (Å²) in [6.45, 7) is 2.53. The van der Waals surface area contributed by atoms with Crippen molar-refractivity contribution in [1.82, 2.24) is 20.5 Å². The quantitative estimate of drug-likeness (QED) is 0.592. The summed E-state index contributed by atoms with van der Waals surface area (Å²) in [5, 5.41) is 11.1. The number of carbonyl (C=O) groups is 1. The summed E-state index contributed by atoms with van der Waals surface area (Å²) in [6.07, 6.45) is 9.96. The van der Waals surface area contributed by atoms with Crippen molar-refractivity contribution in [3.63, 3.8) is 0 Å². The molecule has 6 nitrogen and oxygen atoms in total. The number of hydrogen-bond donors (Lipinski definition) is 2. The molecule has 1 aliphatic rings. The molecule has 0 spiro atoms. The number of amides is 1. The highest BCUT2D eigenvalue weighted by molar-refractivity contribution is 8.00. The number of nitrogens with zero attached hydrogens (tertiary/aromatic N) is 2. The third-order valence-corrected chi connectivity index (χ3v) is 4.95. The molecule has 2 aromatic heterocycles. The highest BCUT2D eigenvalue weighted by Gasteiger charge is 2.18. The van der Waals surface area contributed by atoms with Gasteiger partial charge in [0, 0.05) is 12.7 Å². The lowest BCUT2D eigenvalue weighted by atomic mass is 9.97. The van der Waals surface area contributed by atoms with Gasteiger partial charge in [0.15, 0.2) is 0 Å². The highest BCUT2D eigenvalue weighted by atomic mass is 32.2. The smallest absolute Gasteiger partial charge is 0.277 e. The van der Waals surface area contributed by atoms with Crippen LogP contribution in [0.1, 0.15) is 39.0 Å². The van der Waals surface area contributed by atoms with Crippen LogP contribution in [0, 0.1) is 0 Å². The van der Waals surface area contributed by atoms with Crippen LogP contribution in [0.4, 0.5) is 0 Å². The molecule has 2 aromatic rings. The Bertz CT molecular complexity index is 693. The fourth-order valence-electron chi connectivity index (χ4n) is 2.66. The number of nitrogens with one attached hydrogen (secondary N) is 2. The van der Waals surface area contributed by atoms with Gasteiger partial charge in [0.05, 0.1) is 5.25 Å². The number of aromatic amines is 1. The number of hydrogen-bond acceptors (Lipinski definition) is 5. The zero-order valence-corrected chi connectivity index (χ0v) is 14.6. The van der Waals surface area contributed by atoms with Gasteiger partial charge < -0.3 is 14.7 Å². The SMILES string of the molecule is C[C@H](Sc1nnc(-c2ccc[nH]2)o1)C(=O)NCCC1=CCCCC1. The molecule has 0 fully saturated rings. The third-order valence-electron chi connectivity index (χ3n) is 4.01. The first-order chi connectivity index (χ1) is 11.7. The molecule has 2 N–H and O–H groups in total. The van der Waals surface area contributed by atoms with Crippen molar-refractivity contribution in [2.45, 2.75) is 49.5 Å². The predicted molar refractivity (Wildman–Crippen MR) is 93.6 cm³/mol. The molecule has 0 aromatic carbocycles. The van der Waals surface area contributed by atoms with Crippen molar-refractivity contribution in [2.75, 3.05) is 6.54 Å². The summed E-state index contributed by atoms with van der Waals surface area (Å²) >= 11 is 1.27. The standard InChI is InChI=1S/C17H22N4O2S/c1-12(15(22)19-11-9-13-6-3-2-4-7-13)24-17-21-20-16(23-17)14-8-5-10-18-14/h5-6,8,10,12,18H,2-4,7,9,11H2,1H3,(H,19,22)/t12-/m0/s1. The van der Waals surface area contributed by atoms with E-state index in [0.29, 0.717) is 17.7 Å². The van der Waals surface area contributed by atoms with Gasteiger partial charge in [-0.3, -0.25) is 4.79 Å². The average Bonchev–Trinajstić information content (AvgIpc) is 3.27. The first-order valence-electron chi connectivity index (χ1n) is 8.32. The zero-order chi connectivity index (χ0) is 16.8. The van der Waals surface area contributed by atoms with Crippen LogP contribution in [-0.4, -0.2) is 32.9 Å². The van der Waals surface area contributed by atoms with Gasteiger partial charge in [0.2, 0.25) is 5.91 Å². The Labute approximate surface area is 145 Å². The number of rotatable bonds is 7. The number of carbonyl (C=O) groups excluding carboxylic acids is 1. The summed E-state index contributed by atoms with van der Waals surface area (Å²) in [4.78, 5) is 15.2. The van der Waals surface area contributed by atoms with Crippen molar-refractivity contribution >= 4 is 17.7 Å². The Morgan fingerprint density at radius 3 is 3.12 bits per heavy atom. The van der Waals surface area contributed by atoms with E-state index in [9.17, 15) is 4.79 Å². The van der Waals surface area contributed by atoms with Crippen LogP contribution < -0.4 is 5.32 Å². The maximum atomic E-state index is 12.2. The Kier molecular flexibility index (Phi) is 5.74. The van der Waals surface area contributed by atoms with Gasteiger partial charge in [0.1, 0.15) is 5.69 Å². The van der Waals surface area contributed by atoms with E-state index >= 15 is 0 Å². The number of thioether (sulfide) groups is 1. The molecule has 0 aliphatic heterocycles. The van der Waals surface area contributed by atoms with Crippen LogP contribution in [0.5, 0.6) is 0 Å². The van der Waals surface area contributed by atoms with Gasteiger partial charge in [-0.05, 0) is 51.2 Å². The van der Waals surface area contributed by atoms with Crippen LogP contribution in [0.15, 0.2) is 39.6 Å². The molecule has 24 heavy (non-hydrogen) atoms. The van der Waals surface area contributed by atoms with E-state index in [1.54, 1.807) is 6.20 Å². The minimum Gasteiger partial charge on any atom is -0.410 e. The van der Waals surface area contributed by atoms with Crippen molar-refractivity contribution in [3.05, 3.63) is 30.0 Å². The van der Waals surface area contributed by atoms with Crippen LogP contribution in [-0.2, 0) is 4.79 Å². The molecule has 0 saturated heterocycles. The summed E-state index contributed by atoms with van der Waals surface area (Å²) in [7, 11) is 0. The predicted octanol–water partition coefficient (Wildman–Crippen LogP) is 3.55. The van der Waals surface area contributed by atoms with Crippen molar-refractivity contribution in [2.24, 2.45) is 0 Å². The number of aromatic nitrogens is 3. The van der Waals surface area contributed by atoms with E-state index in [-0.39, 0.29) is 11.2 Å². The fraction of sp³-hybridized carbons (Fsp3) is 0.471. The molecule has 1 aliphatic carbocycles. The first-order valence-corrected chi connectivity index (χ1v) is 9.20. The van der Waals surface area contributed by atoms with Crippen molar-refractivity contribution in [3.8, 4) is 11.6 Å². The summed E-state index contributed by atoms with van der Waals surface area (Å²) in [5.41, 5.74) is 2.24. The molecule has 0 unspecified atom stereocenters. The summed E-state index contributed by atoms with van der Waals surface area (Å²) < 4.78 is 5.57. The largest absolute Gasteiger partial charge is 0.410 e. The molecule has 1 amide bonds. The Morgan fingerprint density at radius 1 is 1.46 bits per heavy atom. The number of allylic oxidation sites excluding steroid dienone is 1. The lowest BCUT2D eigenvalue weighted by molar-refractivity contribution is -0.120. The second kappa shape index (κ2) is 8.19. The Morgan fingerprint density at radius 2 is 2.38 bits per heavy atom. The van der Waals surface area contributed by atoms with Crippen LogP contribution in [0.3, 0.4) is 0 Å². The topological polar surface area (TPSA) is 83.8 Å². The zero-order valence-electron chi connectivity index (χ0n) is 13.7. The first kappa shape index (κ1) is 16.8. The van der Waals surface area contributed by atoms with Crippen molar-refractivity contribution in [1.29, 1.82) is 0 Å². The molecule has 0 saturated carbocycles. The maximum Gasteiger partial charge on any atom is 0.277 e. The lowest BCUT2D eigenvalue weighted by Gasteiger charge is -2.14. The maximum absolute atomic E-state index is 12.2. The number of H-pyrrole nitrogens is 1. The molecule has 7 heteroatoms. The Hall–Kier alpha value is -2.02. The molecule has 0 radical (unpaired) electrons. The molecule has 128 valence electrons. The van der Waals surface area contributed by atoms with E-state index in [4.69, 9.17) is 4.42 Å². The van der Waals surface area contributed by atoms with Gasteiger partial charge >= 0.3 is 0 Å². The van der Waals surface area contributed by atoms with Crippen molar-refractivity contribution < 1.29 is 9.21 Å². The molecule has 1 atom stereocenters.